The highest BCUT2D eigenvalue weighted by Gasteiger charge is 2.49. The van der Waals surface area contributed by atoms with E-state index in [1.165, 1.54) is 12.3 Å². The van der Waals surface area contributed by atoms with Gasteiger partial charge in [-0.25, -0.2) is 0 Å². The number of carbonyl (C=O) groups excluding carboxylic acids is 1. The molecule has 0 N–H and O–H groups in total. The molecule has 2 aliphatic rings. The maximum Gasteiger partial charge on any atom is 0.417 e. The second-order valence-electron chi connectivity index (χ2n) is 8.50. The molecule has 170 valence electrons. The molecule has 1 aromatic carbocycles. The maximum absolute atomic E-state index is 13.4. The van der Waals surface area contributed by atoms with Crippen molar-refractivity contribution in [3.05, 3.63) is 53.5 Å². The number of hydrogen-bond acceptors (Lipinski definition) is 5. The van der Waals surface area contributed by atoms with Gasteiger partial charge in [-0.15, -0.1) is 0 Å². The summed E-state index contributed by atoms with van der Waals surface area (Å²) in [7, 11) is 1.63. The number of benzene rings is 1. The van der Waals surface area contributed by atoms with Crippen LogP contribution in [0, 0.1) is 22.7 Å². The first kappa shape index (κ1) is 22.2. The third-order valence-electron chi connectivity index (χ3n) is 6.75. The highest BCUT2D eigenvalue weighted by atomic mass is 19.4. The van der Waals surface area contributed by atoms with Crippen LogP contribution in [0.5, 0.6) is 0 Å². The third kappa shape index (κ3) is 4.07. The Morgan fingerprint density at radius 2 is 2.06 bits per heavy atom. The maximum atomic E-state index is 13.4. The Morgan fingerprint density at radius 1 is 1.31 bits per heavy atom. The smallest absolute Gasteiger partial charge is 0.417 e. The number of rotatable bonds is 4. The van der Waals surface area contributed by atoms with Crippen molar-refractivity contribution in [2.45, 2.75) is 19.0 Å². The van der Waals surface area contributed by atoms with Crippen LogP contribution in [0.1, 0.15) is 34.5 Å². The van der Waals surface area contributed by atoms with Gasteiger partial charge >= 0.3 is 6.18 Å². The highest BCUT2D eigenvalue weighted by molar-refractivity contribution is 5.91. The third-order valence-corrected chi connectivity index (χ3v) is 6.75. The SMILES string of the molecule is COCC1CN(C(=O)c2ccco2)CC12CCN(c1ccc(C#N)c(C(F)(F)F)c1)CC2. The number of furan rings is 1. The van der Waals surface area contributed by atoms with Crippen LogP contribution in [0.2, 0.25) is 0 Å². The molecule has 2 aliphatic heterocycles. The number of methoxy groups -OCH3 is 1. The van der Waals surface area contributed by atoms with Crippen molar-refractivity contribution in [2.24, 2.45) is 11.3 Å². The molecule has 4 rings (SSSR count). The molecular weight excluding hydrogens is 423 g/mol. The molecule has 0 saturated carbocycles. The zero-order valence-corrected chi connectivity index (χ0v) is 17.7. The molecule has 1 unspecified atom stereocenters. The van der Waals surface area contributed by atoms with Crippen LogP contribution in [0.25, 0.3) is 0 Å². The molecule has 1 aromatic heterocycles. The average Bonchev–Trinajstić information content (AvgIpc) is 3.42. The molecule has 9 heteroatoms. The normalized spacial score (nSPS) is 20.5. The summed E-state index contributed by atoms with van der Waals surface area (Å²) in [5.41, 5.74) is -0.992. The molecule has 2 fully saturated rings. The van der Waals surface area contributed by atoms with E-state index in [9.17, 15) is 18.0 Å². The number of amides is 1. The van der Waals surface area contributed by atoms with Crippen molar-refractivity contribution in [1.29, 1.82) is 5.26 Å². The van der Waals surface area contributed by atoms with Gasteiger partial charge in [0, 0.05) is 44.9 Å². The Hall–Kier alpha value is -2.99. The van der Waals surface area contributed by atoms with Crippen LogP contribution in [0.4, 0.5) is 18.9 Å². The van der Waals surface area contributed by atoms with Gasteiger partial charge in [-0.05, 0) is 48.6 Å². The molecule has 2 aromatic rings. The summed E-state index contributed by atoms with van der Waals surface area (Å²) in [5, 5.41) is 9.03. The average molecular weight is 447 g/mol. The van der Waals surface area contributed by atoms with E-state index >= 15 is 0 Å². The monoisotopic (exact) mass is 447 g/mol. The Bertz CT molecular complexity index is 1010. The molecule has 1 atom stereocenters. The van der Waals surface area contributed by atoms with Crippen molar-refractivity contribution < 1.29 is 27.1 Å². The quantitative estimate of drug-likeness (QED) is 0.704. The fraction of sp³-hybridized carbons (Fsp3) is 0.478. The zero-order valence-electron chi connectivity index (χ0n) is 17.7. The fourth-order valence-corrected chi connectivity index (χ4v) is 5.01. The number of anilines is 1. The van der Waals surface area contributed by atoms with E-state index in [1.54, 1.807) is 36.3 Å². The lowest BCUT2D eigenvalue weighted by Crippen LogP contribution is -2.45. The van der Waals surface area contributed by atoms with E-state index in [0.717, 1.165) is 18.9 Å². The van der Waals surface area contributed by atoms with Crippen LogP contribution in [0.15, 0.2) is 41.0 Å². The molecule has 0 aliphatic carbocycles. The Balaban J connectivity index is 1.51. The van der Waals surface area contributed by atoms with E-state index in [0.29, 0.717) is 44.2 Å². The Morgan fingerprint density at radius 3 is 2.66 bits per heavy atom. The first-order chi connectivity index (χ1) is 15.3. The molecule has 0 bridgehead atoms. The van der Waals surface area contributed by atoms with Crippen LogP contribution in [-0.4, -0.2) is 50.7 Å². The molecule has 1 amide bonds. The van der Waals surface area contributed by atoms with Crippen molar-refractivity contribution in [2.75, 3.05) is 44.8 Å². The highest BCUT2D eigenvalue weighted by Crippen LogP contribution is 2.46. The van der Waals surface area contributed by atoms with E-state index < -0.39 is 11.7 Å². The molecule has 6 nitrogen and oxygen atoms in total. The van der Waals surface area contributed by atoms with Crippen molar-refractivity contribution in [3.63, 3.8) is 0 Å². The van der Waals surface area contributed by atoms with Crippen molar-refractivity contribution in [3.8, 4) is 6.07 Å². The molecular formula is C23H24F3N3O3. The van der Waals surface area contributed by atoms with E-state index in [2.05, 4.69) is 0 Å². The lowest BCUT2D eigenvalue weighted by molar-refractivity contribution is -0.137. The van der Waals surface area contributed by atoms with Gasteiger partial charge in [0.05, 0.1) is 30.1 Å². The van der Waals surface area contributed by atoms with Crippen LogP contribution in [0.3, 0.4) is 0 Å². The molecule has 1 spiro atoms. The molecule has 2 saturated heterocycles. The lowest BCUT2D eigenvalue weighted by Gasteiger charge is -2.43. The summed E-state index contributed by atoms with van der Waals surface area (Å²) < 4.78 is 50.8. The number of ether oxygens (including phenoxy) is 1. The first-order valence-corrected chi connectivity index (χ1v) is 10.5. The van der Waals surface area contributed by atoms with Gasteiger partial charge in [-0.3, -0.25) is 4.79 Å². The minimum absolute atomic E-state index is 0.139. The summed E-state index contributed by atoms with van der Waals surface area (Å²) in [6.45, 7) is 2.76. The minimum Gasteiger partial charge on any atom is -0.459 e. The minimum atomic E-state index is -4.58. The Kier molecular flexibility index (Phi) is 5.91. The number of piperidine rings is 1. The lowest BCUT2D eigenvalue weighted by atomic mass is 9.71. The number of alkyl halides is 3. The fourth-order valence-electron chi connectivity index (χ4n) is 5.01. The topological polar surface area (TPSA) is 69.7 Å². The number of halogens is 3. The number of nitriles is 1. The summed E-state index contributed by atoms with van der Waals surface area (Å²) in [5.74, 6) is 0.283. The first-order valence-electron chi connectivity index (χ1n) is 10.5. The summed E-state index contributed by atoms with van der Waals surface area (Å²) in [6.07, 6.45) is -1.66. The van der Waals surface area contributed by atoms with Crippen molar-refractivity contribution >= 4 is 11.6 Å². The van der Waals surface area contributed by atoms with Gasteiger partial charge in [0.2, 0.25) is 0 Å². The number of nitrogens with zero attached hydrogens (tertiary/aromatic N) is 3. The zero-order chi connectivity index (χ0) is 22.9. The second-order valence-corrected chi connectivity index (χ2v) is 8.50. The van der Waals surface area contributed by atoms with E-state index in [1.807, 2.05) is 4.90 Å². The number of carbonyl (C=O) groups is 1. The standard InChI is InChI=1S/C23H24F3N3O3/c1-31-14-17-13-29(21(30)20-3-2-10-32-20)15-22(17)6-8-28(9-7-22)18-5-4-16(12-27)19(11-18)23(24,25)26/h2-5,10-11,17H,6-9,13-15H2,1H3. The predicted molar refractivity (Wildman–Crippen MR) is 110 cm³/mol. The van der Waals surface area contributed by atoms with Gasteiger partial charge < -0.3 is 19.0 Å². The van der Waals surface area contributed by atoms with Crippen molar-refractivity contribution in [1.82, 2.24) is 4.90 Å². The van der Waals surface area contributed by atoms with Crippen LogP contribution < -0.4 is 4.90 Å². The number of likely N-dealkylation sites (tertiary alicyclic amines) is 1. The van der Waals surface area contributed by atoms with Gasteiger partial charge in [-0.1, -0.05) is 0 Å². The Labute approximate surface area is 184 Å². The summed E-state index contributed by atoms with van der Waals surface area (Å²) >= 11 is 0. The largest absolute Gasteiger partial charge is 0.459 e. The van der Waals surface area contributed by atoms with Crippen LogP contribution in [-0.2, 0) is 10.9 Å². The van der Waals surface area contributed by atoms with Gasteiger partial charge in [-0.2, -0.15) is 18.4 Å². The van der Waals surface area contributed by atoms with Gasteiger partial charge in [0.25, 0.3) is 5.91 Å². The second kappa shape index (κ2) is 8.51. The molecule has 32 heavy (non-hydrogen) atoms. The number of hydrogen-bond donors (Lipinski definition) is 0. The van der Waals surface area contributed by atoms with Gasteiger partial charge in [0.15, 0.2) is 5.76 Å². The summed E-state index contributed by atoms with van der Waals surface area (Å²) in [4.78, 5) is 16.5. The summed E-state index contributed by atoms with van der Waals surface area (Å²) in [6, 6.07) is 8.80. The van der Waals surface area contributed by atoms with Gasteiger partial charge in [0.1, 0.15) is 0 Å². The molecule has 3 heterocycles. The predicted octanol–water partition coefficient (Wildman–Crippen LogP) is 4.18. The van der Waals surface area contributed by atoms with Crippen LogP contribution >= 0.6 is 0 Å². The van der Waals surface area contributed by atoms with E-state index in [4.69, 9.17) is 14.4 Å². The molecule has 0 radical (unpaired) electrons. The van der Waals surface area contributed by atoms with E-state index in [-0.39, 0.29) is 22.8 Å².